The van der Waals surface area contributed by atoms with Crippen LogP contribution >= 0.6 is 0 Å². The van der Waals surface area contributed by atoms with Gasteiger partial charge >= 0.3 is 0 Å². The van der Waals surface area contributed by atoms with Crippen LogP contribution in [0.4, 0.5) is 0 Å². The number of aromatic nitrogens is 2. The molecular weight excluding hydrogens is 254 g/mol. The molecule has 1 amide bonds. The molecule has 0 radical (unpaired) electrons. The molecule has 1 aromatic heterocycles. The van der Waals surface area contributed by atoms with Crippen molar-refractivity contribution in [2.45, 2.75) is 25.0 Å². The maximum absolute atomic E-state index is 12.2. The first kappa shape index (κ1) is 11.9. The number of hydrogen-bond acceptors (Lipinski definition) is 3. The molecule has 2 aliphatic rings. The number of para-hydroxylation sites is 2. The Morgan fingerprint density at radius 3 is 2.85 bits per heavy atom. The van der Waals surface area contributed by atoms with E-state index in [1.54, 1.807) is 11.2 Å². The van der Waals surface area contributed by atoms with Crippen molar-refractivity contribution in [2.24, 2.45) is 5.92 Å². The standard InChI is InChI=1S/C15H17N3O2/c19-14(18-8-15(20,9-18)11-5-6-11)7-17-10-16-12-3-1-2-4-13(12)17/h1-4,10-11,20H,5-9H2. The van der Waals surface area contributed by atoms with E-state index in [0.29, 0.717) is 25.6 Å². The summed E-state index contributed by atoms with van der Waals surface area (Å²) in [6.07, 6.45) is 3.91. The lowest BCUT2D eigenvalue weighted by Gasteiger charge is -2.47. The van der Waals surface area contributed by atoms with E-state index >= 15 is 0 Å². The van der Waals surface area contributed by atoms with E-state index in [-0.39, 0.29) is 5.91 Å². The first-order chi connectivity index (χ1) is 9.66. The Labute approximate surface area is 116 Å². The number of imidazole rings is 1. The minimum Gasteiger partial charge on any atom is -0.386 e. The fraction of sp³-hybridized carbons (Fsp3) is 0.467. The summed E-state index contributed by atoms with van der Waals surface area (Å²) < 4.78 is 1.87. The Morgan fingerprint density at radius 2 is 2.10 bits per heavy atom. The first-order valence-electron chi connectivity index (χ1n) is 7.06. The first-order valence-corrected chi connectivity index (χ1v) is 7.06. The van der Waals surface area contributed by atoms with Crippen LogP contribution in [-0.4, -0.2) is 44.2 Å². The van der Waals surface area contributed by atoms with Crippen molar-refractivity contribution < 1.29 is 9.90 Å². The number of carbonyl (C=O) groups excluding carboxylic acids is 1. The SMILES string of the molecule is O=C(Cn1cnc2ccccc21)N1CC(O)(C2CC2)C1. The lowest BCUT2D eigenvalue weighted by atomic mass is 9.89. The van der Waals surface area contributed by atoms with Crippen molar-refractivity contribution in [3.05, 3.63) is 30.6 Å². The lowest BCUT2D eigenvalue weighted by Crippen LogP contribution is -2.65. The molecule has 2 fully saturated rings. The molecular formula is C15H17N3O2. The molecule has 1 aromatic carbocycles. The predicted octanol–water partition coefficient (Wildman–Crippen LogP) is 1.02. The second-order valence-corrected chi connectivity index (χ2v) is 5.99. The molecule has 0 atom stereocenters. The highest BCUT2D eigenvalue weighted by Gasteiger charge is 2.53. The Morgan fingerprint density at radius 1 is 1.35 bits per heavy atom. The molecule has 20 heavy (non-hydrogen) atoms. The molecule has 1 saturated heterocycles. The minimum absolute atomic E-state index is 0.0541. The van der Waals surface area contributed by atoms with Crippen LogP contribution in [0.5, 0.6) is 0 Å². The Kier molecular flexibility index (Phi) is 2.41. The van der Waals surface area contributed by atoms with E-state index < -0.39 is 5.60 Å². The summed E-state index contributed by atoms with van der Waals surface area (Å²) in [5.41, 5.74) is 1.27. The zero-order valence-corrected chi connectivity index (χ0v) is 11.2. The van der Waals surface area contributed by atoms with Gasteiger partial charge in [0, 0.05) is 0 Å². The molecule has 104 valence electrons. The van der Waals surface area contributed by atoms with Gasteiger partial charge in [0.05, 0.1) is 30.5 Å². The highest BCUT2D eigenvalue weighted by atomic mass is 16.3. The van der Waals surface area contributed by atoms with Gasteiger partial charge in [-0.25, -0.2) is 4.98 Å². The van der Waals surface area contributed by atoms with E-state index in [1.165, 1.54) is 0 Å². The smallest absolute Gasteiger partial charge is 0.242 e. The van der Waals surface area contributed by atoms with Crippen LogP contribution in [0.25, 0.3) is 11.0 Å². The maximum Gasteiger partial charge on any atom is 0.242 e. The molecule has 0 unspecified atom stereocenters. The maximum atomic E-state index is 12.2. The number of β-amino-alcohol motifs (C(OH)–C–C–N with tert-alkyl or cyclic N) is 1. The van der Waals surface area contributed by atoms with Gasteiger partial charge < -0.3 is 14.6 Å². The summed E-state index contributed by atoms with van der Waals surface area (Å²) in [7, 11) is 0. The third-order valence-corrected chi connectivity index (χ3v) is 4.45. The average molecular weight is 271 g/mol. The fourth-order valence-electron chi connectivity index (χ4n) is 3.05. The highest BCUT2D eigenvalue weighted by molar-refractivity contribution is 5.81. The van der Waals surface area contributed by atoms with Gasteiger partial charge in [-0.2, -0.15) is 0 Å². The number of carbonyl (C=O) groups is 1. The zero-order chi connectivity index (χ0) is 13.7. The molecule has 5 heteroatoms. The molecule has 1 aliphatic carbocycles. The second kappa shape index (κ2) is 4.06. The van der Waals surface area contributed by atoms with Crippen LogP contribution in [-0.2, 0) is 11.3 Å². The van der Waals surface area contributed by atoms with Crippen molar-refractivity contribution in [2.75, 3.05) is 13.1 Å². The van der Waals surface area contributed by atoms with E-state index in [0.717, 1.165) is 23.9 Å². The molecule has 1 aliphatic heterocycles. The molecule has 2 aromatic rings. The van der Waals surface area contributed by atoms with Crippen molar-refractivity contribution in [3.63, 3.8) is 0 Å². The largest absolute Gasteiger partial charge is 0.386 e. The van der Waals surface area contributed by atoms with Gasteiger partial charge in [0.2, 0.25) is 5.91 Å². The molecule has 5 nitrogen and oxygen atoms in total. The van der Waals surface area contributed by atoms with Crippen molar-refractivity contribution >= 4 is 16.9 Å². The third-order valence-electron chi connectivity index (χ3n) is 4.45. The fourth-order valence-corrected chi connectivity index (χ4v) is 3.05. The van der Waals surface area contributed by atoms with Gasteiger partial charge in [-0.1, -0.05) is 12.1 Å². The number of likely N-dealkylation sites (tertiary alicyclic amines) is 1. The zero-order valence-electron chi connectivity index (χ0n) is 11.2. The summed E-state index contributed by atoms with van der Waals surface area (Å²) in [5, 5.41) is 10.3. The van der Waals surface area contributed by atoms with Crippen LogP contribution in [0.3, 0.4) is 0 Å². The number of amides is 1. The third kappa shape index (κ3) is 1.81. The topological polar surface area (TPSA) is 58.4 Å². The summed E-state index contributed by atoms with van der Waals surface area (Å²) in [6.45, 7) is 1.27. The van der Waals surface area contributed by atoms with Gasteiger partial charge in [-0.15, -0.1) is 0 Å². The molecule has 0 bridgehead atoms. The van der Waals surface area contributed by atoms with Crippen LogP contribution in [0.1, 0.15) is 12.8 Å². The second-order valence-electron chi connectivity index (χ2n) is 5.99. The van der Waals surface area contributed by atoms with Crippen LogP contribution in [0.2, 0.25) is 0 Å². The Hall–Kier alpha value is -1.88. The van der Waals surface area contributed by atoms with Crippen LogP contribution in [0, 0.1) is 5.92 Å². The lowest BCUT2D eigenvalue weighted by molar-refractivity contribution is -0.159. The summed E-state index contributed by atoms with van der Waals surface area (Å²) in [4.78, 5) is 18.3. The van der Waals surface area contributed by atoms with E-state index in [4.69, 9.17) is 0 Å². The number of nitrogens with zero attached hydrogens (tertiary/aromatic N) is 3. The van der Waals surface area contributed by atoms with Crippen molar-refractivity contribution in [3.8, 4) is 0 Å². The van der Waals surface area contributed by atoms with Gasteiger partial charge in [0.1, 0.15) is 12.1 Å². The Bertz CT molecular complexity index is 669. The molecule has 1 N–H and O–H groups in total. The number of aliphatic hydroxyl groups is 1. The van der Waals surface area contributed by atoms with Crippen LogP contribution in [0.15, 0.2) is 30.6 Å². The minimum atomic E-state index is -0.604. The molecule has 2 heterocycles. The predicted molar refractivity (Wildman–Crippen MR) is 74.0 cm³/mol. The summed E-state index contributed by atoms with van der Waals surface area (Å²) >= 11 is 0. The van der Waals surface area contributed by atoms with E-state index in [1.807, 2.05) is 28.8 Å². The molecule has 1 saturated carbocycles. The number of hydrogen-bond donors (Lipinski definition) is 1. The quantitative estimate of drug-likeness (QED) is 0.906. The molecule has 4 rings (SSSR count). The van der Waals surface area contributed by atoms with Crippen LogP contribution < -0.4 is 0 Å². The van der Waals surface area contributed by atoms with Gasteiger partial charge in [-0.05, 0) is 30.9 Å². The number of benzene rings is 1. The van der Waals surface area contributed by atoms with Crippen molar-refractivity contribution in [1.82, 2.24) is 14.5 Å². The highest BCUT2D eigenvalue weighted by Crippen LogP contribution is 2.44. The monoisotopic (exact) mass is 271 g/mol. The molecule has 0 spiro atoms. The van der Waals surface area contributed by atoms with E-state index in [9.17, 15) is 9.90 Å². The summed E-state index contributed by atoms with van der Waals surface area (Å²) in [5.74, 6) is 0.471. The summed E-state index contributed by atoms with van der Waals surface area (Å²) in [6, 6.07) is 7.78. The van der Waals surface area contributed by atoms with Gasteiger partial charge in [0.25, 0.3) is 0 Å². The number of fused-ring (bicyclic) bond motifs is 1. The average Bonchev–Trinajstić information content (AvgIpc) is 3.19. The van der Waals surface area contributed by atoms with E-state index in [2.05, 4.69) is 4.98 Å². The normalized spacial score (nSPS) is 20.9. The van der Waals surface area contributed by atoms with Gasteiger partial charge in [0.15, 0.2) is 0 Å². The van der Waals surface area contributed by atoms with Crippen molar-refractivity contribution in [1.29, 1.82) is 0 Å². The van der Waals surface area contributed by atoms with Gasteiger partial charge in [-0.3, -0.25) is 4.79 Å². The number of rotatable bonds is 3. The Balaban J connectivity index is 1.46.